The summed E-state index contributed by atoms with van der Waals surface area (Å²) in [5, 5.41) is 0. The van der Waals surface area contributed by atoms with Gasteiger partial charge in [-0.1, -0.05) is 269 Å². The molecule has 0 spiro atoms. The largest absolute Gasteiger partial charge is 0.509 e. The Morgan fingerprint density at radius 1 is 0.375 bits per heavy atom. The average Bonchev–Trinajstić information content (AvgIpc) is 0.779. The van der Waals surface area contributed by atoms with Crippen LogP contribution in [0.4, 0.5) is 9.59 Å². The number of hydrogen-bond donors (Lipinski definition) is 0. The molecular formula is C85H146O25P2. The normalized spacial score (nSPS) is 20.2. The van der Waals surface area contributed by atoms with Crippen LogP contribution in [0.3, 0.4) is 0 Å². The zero-order valence-electron chi connectivity index (χ0n) is 69.2. The fourth-order valence-corrected chi connectivity index (χ4v) is 15.3. The highest BCUT2D eigenvalue weighted by Crippen LogP contribution is 2.54. The Morgan fingerprint density at radius 2 is 0.786 bits per heavy atom. The third-order valence-electron chi connectivity index (χ3n) is 18.8. The van der Waals surface area contributed by atoms with Crippen LogP contribution >= 0.6 is 15.6 Å². The first-order valence-corrected chi connectivity index (χ1v) is 45.1. The zero-order chi connectivity index (χ0) is 82.0. The van der Waals surface area contributed by atoms with E-state index in [0.29, 0.717) is 38.5 Å². The van der Waals surface area contributed by atoms with Crippen LogP contribution in [-0.2, 0) is 107 Å². The Labute approximate surface area is 673 Å². The van der Waals surface area contributed by atoms with E-state index < -0.39 is 127 Å². The fourth-order valence-electron chi connectivity index (χ4n) is 12.7. The lowest BCUT2D eigenvalue weighted by molar-refractivity contribution is -0.330. The number of methoxy groups -OCH3 is 1. The molecule has 2 rings (SSSR count). The lowest BCUT2D eigenvalue weighted by atomic mass is 9.97. The number of carbonyl (C=O) groups is 5. The molecule has 2 saturated heterocycles. The number of hydrogen-bond acceptors (Lipinski definition) is 25. The van der Waals surface area contributed by atoms with Crippen molar-refractivity contribution in [3.63, 3.8) is 0 Å². The molecule has 2 aliphatic rings. The van der Waals surface area contributed by atoms with Crippen LogP contribution < -0.4 is 0 Å². The van der Waals surface area contributed by atoms with E-state index in [9.17, 15) is 28.5 Å². The number of ether oxygens (including phenoxy) is 12. The smallest absolute Gasteiger partial charge is 0.454 e. The Morgan fingerprint density at radius 3 is 1.30 bits per heavy atom. The molecule has 0 unspecified atom stereocenters. The molecule has 2 fully saturated rings. The van der Waals surface area contributed by atoms with Crippen molar-refractivity contribution >= 4 is 45.7 Å². The standard InChI is InChI=1S/C85H146O25P2/c1-12-22-26-30-33-36-37-38-39-40-41-43-45-49-53-57-74(87)106-80-79(95-66-58-71(93-11)56-52-47-29-25-15-4)77(109-111(91,100-61-18-7)101-62-19-8)73(69-99-84(89)96-59-16-5)104-82(80)98-68-72-76(108-85(90)97-60-17-6)78(94-65-54-50-46-35-32-28-24-14-3)81(83(105-72)110-112(92,102-63-20-9)103-64-21-10)107-75(88)67-70(86)55-51-48-44-42-34-31-27-23-13-2/h16-21,36-37,71-73,76-83H,5-10,12-15,22-35,38-69H2,1-4,11H3/b37-36-/t71-,72+,73+,76+,77+,78-,79-,80+,81+,82+,83+/m0/s1. The van der Waals surface area contributed by atoms with Gasteiger partial charge in [0.25, 0.3) is 0 Å². The Balaban J connectivity index is 3.04. The van der Waals surface area contributed by atoms with Gasteiger partial charge in [0.05, 0.1) is 39.1 Å². The minimum atomic E-state index is -4.84. The molecule has 0 saturated carbocycles. The molecule has 0 radical (unpaired) electrons. The third-order valence-corrected chi connectivity index (χ3v) is 21.7. The number of carbonyl (C=O) groups excluding carboxylic acids is 5. The first-order chi connectivity index (χ1) is 54.5. The number of esters is 2. The highest BCUT2D eigenvalue weighted by Gasteiger charge is 2.57. The highest BCUT2D eigenvalue weighted by atomic mass is 31.2. The summed E-state index contributed by atoms with van der Waals surface area (Å²) in [6, 6.07) is 0. The molecule has 27 heteroatoms. The van der Waals surface area contributed by atoms with Gasteiger partial charge in [-0.3, -0.25) is 41.5 Å². The highest BCUT2D eigenvalue weighted by molar-refractivity contribution is 7.48. The Kier molecular flexibility index (Phi) is 63.1. The monoisotopic (exact) mass is 1630 g/mol. The van der Waals surface area contributed by atoms with Crippen molar-refractivity contribution in [2.24, 2.45) is 0 Å². The maximum Gasteiger partial charge on any atom is 0.509 e. The van der Waals surface area contributed by atoms with E-state index in [1.54, 1.807) is 7.11 Å². The van der Waals surface area contributed by atoms with Crippen LogP contribution in [0, 0.1) is 0 Å². The summed E-state index contributed by atoms with van der Waals surface area (Å²) < 4.78 is 141. The molecule has 0 bridgehead atoms. The van der Waals surface area contributed by atoms with Crippen LogP contribution in [0.5, 0.6) is 0 Å². The van der Waals surface area contributed by atoms with Gasteiger partial charge >= 0.3 is 39.9 Å². The molecule has 0 amide bonds. The molecular weight excluding hydrogens is 1480 g/mol. The van der Waals surface area contributed by atoms with Crippen LogP contribution in [0.2, 0.25) is 0 Å². The molecule has 0 aromatic carbocycles. The van der Waals surface area contributed by atoms with Crippen LogP contribution in [-0.4, -0.2) is 171 Å². The molecule has 112 heavy (non-hydrogen) atoms. The average molecular weight is 1630 g/mol. The second kappa shape index (κ2) is 68.4. The molecule has 0 aromatic heterocycles. The number of rotatable bonds is 76. The molecule has 0 aromatic rings. The predicted molar refractivity (Wildman–Crippen MR) is 435 cm³/mol. The van der Waals surface area contributed by atoms with Crippen LogP contribution in [0.15, 0.2) is 88.1 Å². The summed E-state index contributed by atoms with van der Waals surface area (Å²) in [6.07, 6.45) is 27.4. The molecule has 646 valence electrons. The summed E-state index contributed by atoms with van der Waals surface area (Å²) in [5.74, 6) is -2.16. The van der Waals surface area contributed by atoms with Gasteiger partial charge in [0, 0.05) is 33.2 Å². The van der Waals surface area contributed by atoms with Gasteiger partial charge in [-0.05, 0) is 57.8 Å². The van der Waals surface area contributed by atoms with Gasteiger partial charge < -0.3 is 56.8 Å². The minimum absolute atomic E-state index is 0.0391. The lowest BCUT2D eigenvalue weighted by Crippen LogP contribution is -2.64. The fraction of sp³-hybridized carbons (Fsp3) is 0.776. The Bertz CT molecular complexity index is 2610. The number of phosphoric acid groups is 2. The number of ketones is 1. The van der Waals surface area contributed by atoms with E-state index in [-0.39, 0.29) is 78.2 Å². The number of phosphoric ester groups is 2. The summed E-state index contributed by atoms with van der Waals surface area (Å²) in [4.78, 5) is 70.4. The van der Waals surface area contributed by atoms with Gasteiger partial charge in [-0.15, -0.1) is 26.3 Å². The van der Waals surface area contributed by atoms with Crippen LogP contribution in [0.25, 0.3) is 0 Å². The van der Waals surface area contributed by atoms with Crippen molar-refractivity contribution in [2.45, 2.75) is 352 Å². The molecule has 2 aliphatic heterocycles. The van der Waals surface area contributed by atoms with Crippen molar-refractivity contribution in [3.8, 4) is 0 Å². The number of allylic oxidation sites excluding steroid dienone is 2. The quantitative estimate of drug-likeness (QED) is 0.0136. The molecule has 0 N–H and O–H groups in total. The zero-order valence-corrected chi connectivity index (χ0v) is 71.0. The van der Waals surface area contributed by atoms with E-state index in [1.165, 1.54) is 75.0 Å². The van der Waals surface area contributed by atoms with E-state index in [1.807, 2.05) is 0 Å². The summed E-state index contributed by atoms with van der Waals surface area (Å²) in [6.45, 7) is 27.2. The third kappa shape index (κ3) is 48.8. The Hall–Kier alpha value is -4.69. The van der Waals surface area contributed by atoms with E-state index in [0.717, 1.165) is 154 Å². The predicted octanol–water partition coefficient (Wildman–Crippen LogP) is 21.3. The summed E-state index contributed by atoms with van der Waals surface area (Å²) in [5.41, 5.74) is 0. The molecule has 0 aliphatic carbocycles. The number of unbranched alkanes of at least 4 members (excludes halogenated alkanes) is 30. The summed E-state index contributed by atoms with van der Waals surface area (Å²) in [7, 11) is -8.00. The molecule has 25 nitrogen and oxygen atoms in total. The van der Waals surface area contributed by atoms with E-state index in [2.05, 4.69) is 79.3 Å². The minimum Gasteiger partial charge on any atom is -0.454 e. The van der Waals surface area contributed by atoms with Crippen LogP contribution in [0.1, 0.15) is 285 Å². The second-order valence-corrected chi connectivity index (χ2v) is 31.7. The number of Topliss-reactive ketones (excluding diaryl/α,β-unsaturated/α-hetero) is 1. The maximum absolute atomic E-state index is 15.0. The van der Waals surface area contributed by atoms with Crippen molar-refractivity contribution < 1.29 is 117 Å². The van der Waals surface area contributed by atoms with Crippen molar-refractivity contribution in [1.29, 1.82) is 0 Å². The van der Waals surface area contributed by atoms with Crippen molar-refractivity contribution in [2.75, 3.05) is 73.2 Å². The first kappa shape index (κ1) is 103. The summed E-state index contributed by atoms with van der Waals surface area (Å²) >= 11 is 0. The molecule has 11 atom stereocenters. The second-order valence-electron chi connectivity index (χ2n) is 28.5. The molecule has 2 heterocycles. The van der Waals surface area contributed by atoms with E-state index >= 15 is 4.57 Å². The topological polar surface area (TPSA) is 286 Å². The van der Waals surface area contributed by atoms with Crippen molar-refractivity contribution in [1.82, 2.24) is 0 Å². The SMILES string of the molecule is C=CCOC(=O)OC[C@H]1O[C@@H](OC[C@H]2O[C@H](OP(=O)(OCC=C)OCC=C)[C@H](OC(=O)CC(=O)CCCCCCCCCCC)[C@@H](OCCCCCCCCCC)[C@@H]2OC(=O)OCC=C)[C@H](OC(=O)CCCCCCCCC/C=C\CCCCCC)[C@@H](OCC[C@H](CCCCCCC)OC)[C@@H]1OP(=O)(OCC=C)OCC=C. The van der Waals surface area contributed by atoms with Crippen molar-refractivity contribution in [3.05, 3.63) is 88.1 Å². The van der Waals surface area contributed by atoms with E-state index in [4.69, 9.17) is 84.0 Å². The van der Waals surface area contributed by atoms with Gasteiger partial charge in [0.15, 0.2) is 24.6 Å². The first-order valence-electron chi connectivity index (χ1n) is 42.2. The van der Waals surface area contributed by atoms with Gasteiger partial charge in [0.2, 0.25) is 6.29 Å². The maximum atomic E-state index is 15.0. The van der Waals surface area contributed by atoms with Gasteiger partial charge in [0.1, 0.15) is 62.5 Å². The lowest BCUT2D eigenvalue weighted by Gasteiger charge is -2.47. The van der Waals surface area contributed by atoms with Gasteiger partial charge in [-0.25, -0.2) is 18.7 Å². The van der Waals surface area contributed by atoms with Gasteiger partial charge in [-0.2, -0.15) is 0 Å².